The van der Waals surface area contributed by atoms with E-state index in [2.05, 4.69) is 50.4 Å². The maximum atomic E-state index is 5.77. The SMILES string of the molecule is CC(C)(C)OCCC1NCc2ccccc21. The van der Waals surface area contributed by atoms with Crippen LogP contribution in [-0.4, -0.2) is 12.2 Å². The predicted molar refractivity (Wildman–Crippen MR) is 66.3 cm³/mol. The van der Waals surface area contributed by atoms with Crippen molar-refractivity contribution in [3.8, 4) is 0 Å². The van der Waals surface area contributed by atoms with Gasteiger partial charge in [0.2, 0.25) is 0 Å². The van der Waals surface area contributed by atoms with E-state index in [0.717, 1.165) is 19.6 Å². The zero-order chi connectivity index (χ0) is 11.6. The monoisotopic (exact) mass is 219 g/mol. The van der Waals surface area contributed by atoms with E-state index < -0.39 is 0 Å². The van der Waals surface area contributed by atoms with Gasteiger partial charge >= 0.3 is 0 Å². The fourth-order valence-corrected chi connectivity index (χ4v) is 2.12. The molecule has 1 atom stereocenters. The Morgan fingerprint density at radius 3 is 2.81 bits per heavy atom. The predicted octanol–water partition coefficient (Wildman–Crippen LogP) is 3.04. The van der Waals surface area contributed by atoms with Gasteiger partial charge in [-0.15, -0.1) is 0 Å². The normalized spacial score (nSPS) is 19.8. The lowest BCUT2D eigenvalue weighted by Gasteiger charge is -2.21. The molecule has 0 saturated heterocycles. The summed E-state index contributed by atoms with van der Waals surface area (Å²) in [5.41, 5.74) is 2.85. The first-order valence-electron chi connectivity index (χ1n) is 6.01. The van der Waals surface area contributed by atoms with Crippen molar-refractivity contribution in [3.63, 3.8) is 0 Å². The summed E-state index contributed by atoms with van der Waals surface area (Å²) >= 11 is 0. The Morgan fingerprint density at radius 2 is 2.06 bits per heavy atom. The molecule has 1 unspecified atom stereocenters. The number of rotatable bonds is 3. The van der Waals surface area contributed by atoms with Crippen LogP contribution in [0.2, 0.25) is 0 Å². The van der Waals surface area contributed by atoms with Crippen LogP contribution in [-0.2, 0) is 11.3 Å². The van der Waals surface area contributed by atoms with E-state index in [0.29, 0.717) is 6.04 Å². The molecule has 1 aliphatic heterocycles. The quantitative estimate of drug-likeness (QED) is 0.843. The topological polar surface area (TPSA) is 21.3 Å². The van der Waals surface area contributed by atoms with Gasteiger partial charge in [0.1, 0.15) is 0 Å². The van der Waals surface area contributed by atoms with E-state index in [1.54, 1.807) is 0 Å². The molecule has 0 spiro atoms. The molecule has 1 heterocycles. The highest BCUT2D eigenvalue weighted by atomic mass is 16.5. The molecule has 0 aliphatic carbocycles. The van der Waals surface area contributed by atoms with Crippen LogP contribution in [0.5, 0.6) is 0 Å². The second-order valence-corrected chi connectivity index (χ2v) is 5.38. The smallest absolute Gasteiger partial charge is 0.0598 e. The summed E-state index contributed by atoms with van der Waals surface area (Å²) in [5, 5.41) is 3.53. The maximum Gasteiger partial charge on any atom is 0.0598 e. The van der Waals surface area contributed by atoms with Gasteiger partial charge < -0.3 is 10.1 Å². The Balaban J connectivity index is 1.89. The molecule has 88 valence electrons. The minimum absolute atomic E-state index is 0.0296. The van der Waals surface area contributed by atoms with Crippen LogP contribution in [0.3, 0.4) is 0 Å². The van der Waals surface area contributed by atoms with Crippen LogP contribution in [0, 0.1) is 0 Å². The highest BCUT2D eigenvalue weighted by molar-refractivity contribution is 5.33. The number of hydrogen-bond acceptors (Lipinski definition) is 2. The minimum atomic E-state index is -0.0296. The van der Waals surface area contributed by atoms with Crippen molar-refractivity contribution < 1.29 is 4.74 Å². The first-order valence-corrected chi connectivity index (χ1v) is 6.01. The van der Waals surface area contributed by atoms with Crippen LogP contribution in [0.15, 0.2) is 24.3 Å². The third-order valence-electron chi connectivity index (χ3n) is 2.91. The van der Waals surface area contributed by atoms with Crippen LogP contribution in [0.4, 0.5) is 0 Å². The lowest BCUT2D eigenvalue weighted by atomic mass is 10.0. The molecule has 2 heteroatoms. The van der Waals surface area contributed by atoms with Crippen LogP contribution in [0.25, 0.3) is 0 Å². The van der Waals surface area contributed by atoms with Gasteiger partial charge in [0.25, 0.3) is 0 Å². The largest absolute Gasteiger partial charge is 0.376 e. The molecule has 0 fully saturated rings. The lowest BCUT2D eigenvalue weighted by Crippen LogP contribution is -2.22. The van der Waals surface area contributed by atoms with Gasteiger partial charge in [-0.05, 0) is 38.3 Å². The Labute approximate surface area is 98.0 Å². The molecule has 1 N–H and O–H groups in total. The molecular formula is C14H21NO. The Hall–Kier alpha value is -0.860. The van der Waals surface area contributed by atoms with Crippen LogP contribution in [0.1, 0.15) is 44.4 Å². The zero-order valence-electron chi connectivity index (χ0n) is 10.4. The van der Waals surface area contributed by atoms with Crippen molar-refractivity contribution in [2.24, 2.45) is 0 Å². The minimum Gasteiger partial charge on any atom is -0.376 e. The summed E-state index contributed by atoms with van der Waals surface area (Å²) in [6.45, 7) is 8.11. The van der Waals surface area contributed by atoms with Gasteiger partial charge in [-0.25, -0.2) is 0 Å². The second kappa shape index (κ2) is 4.56. The summed E-state index contributed by atoms with van der Waals surface area (Å²) in [7, 11) is 0. The van der Waals surface area contributed by atoms with Crippen LogP contribution >= 0.6 is 0 Å². The van der Waals surface area contributed by atoms with Crippen molar-refractivity contribution in [2.75, 3.05) is 6.61 Å². The summed E-state index contributed by atoms with van der Waals surface area (Å²) < 4.78 is 5.77. The summed E-state index contributed by atoms with van der Waals surface area (Å²) in [6.07, 6.45) is 1.05. The van der Waals surface area contributed by atoms with E-state index >= 15 is 0 Å². The molecule has 2 rings (SSSR count). The van der Waals surface area contributed by atoms with Crippen molar-refractivity contribution in [3.05, 3.63) is 35.4 Å². The van der Waals surface area contributed by atoms with E-state index in [4.69, 9.17) is 4.74 Å². The highest BCUT2D eigenvalue weighted by Crippen LogP contribution is 2.27. The molecule has 0 radical (unpaired) electrons. The average Bonchev–Trinajstić information content (AvgIpc) is 2.60. The molecule has 2 nitrogen and oxygen atoms in total. The van der Waals surface area contributed by atoms with Crippen LogP contribution < -0.4 is 5.32 Å². The third kappa shape index (κ3) is 2.83. The number of fused-ring (bicyclic) bond motifs is 1. The summed E-state index contributed by atoms with van der Waals surface area (Å²) in [6, 6.07) is 9.11. The van der Waals surface area contributed by atoms with Crippen molar-refractivity contribution in [2.45, 2.75) is 45.4 Å². The second-order valence-electron chi connectivity index (χ2n) is 5.38. The van der Waals surface area contributed by atoms with Crippen molar-refractivity contribution in [1.29, 1.82) is 0 Å². The Morgan fingerprint density at radius 1 is 1.31 bits per heavy atom. The number of hydrogen-bond donors (Lipinski definition) is 1. The number of nitrogens with one attached hydrogen (secondary N) is 1. The first kappa shape index (κ1) is 11.6. The summed E-state index contributed by atoms with van der Waals surface area (Å²) in [4.78, 5) is 0. The van der Waals surface area contributed by atoms with E-state index in [-0.39, 0.29) is 5.60 Å². The van der Waals surface area contributed by atoms with Gasteiger partial charge in [-0.1, -0.05) is 24.3 Å². The first-order chi connectivity index (χ1) is 7.56. The van der Waals surface area contributed by atoms with Crippen molar-refractivity contribution >= 4 is 0 Å². The van der Waals surface area contributed by atoms with Gasteiger partial charge in [-0.2, -0.15) is 0 Å². The third-order valence-corrected chi connectivity index (χ3v) is 2.91. The average molecular weight is 219 g/mol. The fraction of sp³-hybridized carbons (Fsp3) is 0.571. The molecule has 0 bridgehead atoms. The van der Waals surface area contributed by atoms with Gasteiger partial charge in [-0.3, -0.25) is 0 Å². The zero-order valence-corrected chi connectivity index (χ0v) is 10.4. The van der Waals surface area contributed by atoms with E-state index in [1.807, 2.05) is 0 Å². The molecule has 0 amide bonds. The van der Waals surface area contributed by atoms with E-state index in [1.165, 1.54) is 11.1 Å². The number of benzene rings is 1. The molecule has 0 aromatic heterocycles. The standard InChI is InChI=1S/C14H21NO/c1-14(2,3)16-9-8-13-12-7-5-4-6-11(12)10-15-13/h4-7,13,15H,8-10H2,1-3H3. The summed E-state index contributed by atoms with van der Waals surface area (Å²) in [5.74, 6) is 0. The van der Waals surface area contributed by atoms with Gasteiger partial charge in [0, 0.05) is 19.2 Å². The van der Waals surface area contributed by atoms with Crippen molar-refractivity contribution in [1.82, 2.24) is 5.32 Å². The molecular weight excluding hydrogens is 198 g/mol. The van der Waals surface area contributed by atoms with Gasteiger partial charge in [0.15, 0.2) is 0 Å². The maximum absolute atomic E-state index is 5.77. The van der Waals surface area contributed by atoms with E-state index in [9.17, 15) is 0 Å². The van der Waals surface area contributed by atoms with Gasteiger partial charge in [0.05, 0.1) is 5.60 Å². The molecule has 1 aromatic rings. The number of ether oxygens (including phenoxy) is 1. The fourth-order valence-electron chi connectivity index (χ4n) is 2.12. The Kier molecular flexibility index (Phi) is 3.31. The highest BCUT2D eigenvalue weighted by Gasteiger charge is 2.21. The molecule has 1 aromatic carbocycles. The molecule has 1 aliphatic rings. The molecule has 0 saturated carbocycles. The Bertz CT molecular complexity index is 354. The lowest BCUT2D eigenvalue weighted by molar-refractivity contribution is -0.00696. The molecule has 16 heavy (non-hydrogen) atoms.